The summed E-state index contributed by atoms with van der Waals surface area (Å²) in [4.78, 5) is 12.2. The van der Waals surface area contributed by atoms with Crippen molar-refractivity contribution in [2.45, 2.75) is 13.8 Å². The van der Waals surface area contributed by atoms with Crippen LogP contribution in [0.5, 0.6) is 0 Å². The molecule has 0 radical (unpaired) electrons. The van der Waals surface area contributed by atoms with Crippen LogP contribution in [0.15, 0.2) is 71.8 Å². The Labute approximate surface area is 143 Å². The van der Waals surface area contributed by atoms with Crippen LogP contribution in [0.3, 0.4) is 0 Å². The third kappa shape index (κ3) is 5.20. The highest BCUT2D eigenvalue weighted by molar-refractivity contribution is 5.95. The predicted octanol–water partition coefficient (Wildman–Crippen LogP) is 3.97. The highest BCUT2D eigenvalue weighted by Gasteiger charge is 2.10. The van der Waals surface area contributed by atoms with Crippen molar-refractivity contribution in [2.75, 3.05) is 6.61 Å². The van der Waals surface area contributed by atoms with Crippen molar-refractivity contribution in [3.63, 3.8) is 0 Å². The van der Waals surface area contributed by atoms with E-state index in [2.05, 4.69) is 23.7 Å². The van der Waals surface area contributed by atoms with Crippen LogP contribution >= 0.6 is 0 Å². The first kappa shape index (κ1) is 17.1. The Hall–Kier alpha value is -3.23. The highest BCUT2D eigenvalue weighted by Crippen LogP contribution is 2.07. The lowest BCUT2D eigenvalue weighted by Gasteiger charge is -2.02. The van der Waals surface area contributed by atoms with Gasteiger partial charge in [0.05, 0.1) is 6.61 Å². The van der Waals surface area contributed by atoms with E-state index >= 15 is 0 Å². The minimum Gasteiger partial charge on any atom is -0.462 e. The highest BCUT2D eigenvalue weighted by atomic mass is 16.5. The van der Waals surface area contributed by atoms with Crippen molar-refractivity contribution in [3.05, 3.63) is 82.9 Å². The summed E-state index contributed by atoms with van der Waals surface area (Å²) in [6.45, 7) is 3.85. The number of benzene rings is 2. The second kappa shape index (κ2) is 9.03. The third-order valence-electron chi connectivity index (χ3n) is 3.13. The second-order valence-electron chi connectivity index (χ2n) is 4.95. The average Bonchev–Trinajstić information content (AvgIpc) is 2.62. The van der Waals surface area contributed by atoms with E-state index in [4.69, 9.17) is 4.74 Å². The summed E-state index contributed by atoms with van der Waals surface area (Å²) in [7, 11) is 0. The summed E-state index contributed by atoms with van der Waals surface area (Å²) in [5.41, 5.74) is 2.61. The van der Waals surface area contributed by atoms with Crippen molar-refractivity contribution < 1.29 is 9.53 Å². The predicted molar refractivity (Wildman–Crippen MR) is 96.0 cm³/mol. The molecule has 118 valence electrons. The molecule has 0 unspecified atom stereocenters. The normalized spacial score (nSPS) is 10.4. The fraction of sp³-hybridized carbons (Fsp3) is 0.136. The molecule has 0 aromatic heterocycles. The van der Waals surface area contributed by atoms with E-state index in [9.17, 15) is 4.79 Å². The maximum Gasteiger partial charge on any atom is 0.347 e. The van der Waals surface area contributed by atoms with E-state index < -0.39 is 5.97 Å². The van der Waals surface area contributed by atoms with Crippen LogP contribution in [0.4, 0.5) is 0 Å². The topological polar surface area (TPSA) is 26.3 Å². The Kier molecular flexibility index (Phi) is 6.45. The summed E-state index contributed by atoms with van der Waals surface area (Å²) in [6.07, 6.45) is 0. The number of hydrogen-bond acceptors (Lipinski definition) is 2. The zero-order chi connectivity index (χ0) is 17.2. The fourth-order valence-corrected chi connectivity index (χ4v) is 1.91. The van der Waals surface area contributed by atoms with Gasteiger partial charge in [0, 0.05) is 16.7 Å². The minimum atomic E-state index is -0.444. The lowest BCUT2D eigenvalue weighted by atomic mass is 10.1. The molecule has 0 atom stereocenters. The molecule has 2 aromatic rings. The monoisotopic (exact) mass is 314 g/mol. The molecule has 0 fully saturated rings. The summed E-state index contributed by atoms with van der Waals surface area (Å²) in [6, 6.07) is 19.1. The van der Waals surface area contributed by atoms with Gasteiger partial charge in [0.15, 0.2) is 0 Å². The van der Waals surface area contributed by atoms with Gasteiger partial charge < -0.3 is 4.74 Å². The van der Waals surface area contributed by atoms with E-state index in [1.807, 2.05) is 60.7 Å². The van der Waals surface area contributed by atoms with E-state index in [1.54, 1.807) is 13.8 Å². The van der Waals surface area contributed by atoms with E-state index in [0.29, 0.717) is 17.8 Å². The zero-order valence-electron chi connectivity index (χ0n) is 13.8. The van der Waals surface area contributed by atoms with Gasteiger partial charge in [-0.15, -0.1) is 0 Å². The average molecular weight is 314 g/mol. The molecule has 0 N–H and O–H groups in total. The lowest BCUT2D eigenvalue weighted by Crippen LogP contribution is -2.08. The van der Waals surface area contributed by atoms with Crippen molar-refractivity contribution in [2.24, 2.45) is 0 Å². The van der Waals surface area contributed by atoms with Crippen molar-refractivity contribution >= 4 is 5.97 Å². The van der Waals surface area contributed by atoms with Crippen LogP contribution in [0.25, 0.3) is 0 Å². The Bertz CT molecular complexity index is 839. The molecule has 0 amide bonds. The molecule has 0 aliphatic rings. The molecule has 0 aliphatic carbocycles. The fourth-order valence-electron chi connectivity index (χ4n) is 1.91. The van der Waals surface area contributed by atoms with E-state index in [1.165, 1.54) is 0 Å². The van der Waals surface area contributed by atoms with Crippen molar-refractivity contribution in [3.8, 4) is 23.7 Å². The first-order valence-electron chi connectivity index (χ1n) is 7.73. The zero-order valence-corrected chi connectivity index (χ0v) is 13.8. The SMILES string of the molecule is CCOC(=O)/C(C#Cc1ccccc1)=C(/C)C#Cc1ccccc1. The van der Waals surface area contributed by atoms with Gasteiger partial charge in [-0.2, -0.15) is 0 Å². The first-order chi connectivity index (χ1) is 11.7. The van der Waals surface area contributed by atoms with Crippen molar-refractivity contribution in [1.29, 1.82) is 0 Å². The first-order valence-corrected chi connectivity index (χ1v) is 7.73. The van der Waals surface area contributed by atoms with Gasteiger partial charge in [-0.1, -0.05) is 60.1 Å². The van der Waals surface area contributed by atoms with Crippen LogP contribution in [-0.2, 0) is 9.53 Å². The van der Waals surface area contributed by atoms with Crippen LogP contribution < -0.4 is 0 Å². The third-order valence-corrected chi connectivity index (χ3v) is 3.13. The van der Waals surface area contributed by atoms with Crippen LogP contribution in [0.1, 0.15) is 25.0 Å². The van der Waals surface area contributed by atoms with Gasteiger partial charge in [0.2, 0.25) is 0 Å². The maximum absolute atomic E-state index is 12.2. The van der Waals surface area contributed by atoms with E-state index in [0.717, 1.165) is 11.1 Å². The Balaban J connectivity index is 2.37. The molecule has 0 aliphatic heterocycles. The lowest BCUT2D eigenvalue weighted by molar-refractivity contribution is -0.138. The molecule has 0 saturated carbocycles. The smallest absolute Gasteiger partial charge is 0.347 e. The standard InChI is InChI=1S/C22H18O2/c1-3-24-22(23)21(17-16-20-12-8-5-9-13-20)18(2)14-15-19-10-6-4-7-11-19/h4-13H,3H2,1-2H3/b21-18-. The van der Waals surface area contributed by atoms with Gasteiger partial charge in [-0.3, -0.25) is 0 Å². The quantitative estimate of drug-likeness (QED) is 0.476. The summed E-state index contributed by atoms with van der Waals surface area (Å²) >= 11 is 0. The summed E-state index contributed by atoms with van der Waals surface area (Å²) in [5, 5.41) is 0. The molecule has 2 heteroatoms. The molecule has 2 aromatic carbocycles. The summed E-state index contributed by atoms with van der Waals surface area (Å²) < 4.78 is 5.10. The van der Waals surface area contributed by atoms with Crippen LogP contribution in [0, 0.1) is 23.7 Å². The summed E-state index contributed by atoms with van der Waals surface area (Å²) in [5.74, 6) is 11.5. The molecular weight excluding hydrogens is 296 g/mol. The number of rotatable bonds is 2. The molecule has 0 bridgehead atoms. The number of hydrogen-bond donors (Lipinski definition) is 0. The Morgan fingerprint density at radius 2 is 1.38 bits per heavy atom. The van der Waals surface area contributed by atoms with Crippen LogP contribution in [0.2, 0.25) is 0 Å². The molecule has 0 spiro atoms. The molecule has 24 heavy (non-hydrogen) atoms. The van der Waals surface area contributed by atoms with Gasteiger partial charge in [-0.05, 0) is 38.1 Å². The van der Waals surface area contributed by atoms with Gasteiger partial charge in [-0.25, -0.2) is 4.79 Å². The Morgan fingerprint density at radius 3 is 1.88 bits per heavy atom. The number of ether oxygens (including phenoxy) is 1. The molecule has 0 heterocycles. The molecule has 2 rings (SSSR count). The second-order valence-corrected chi connectivity index (χ2v) is 4.95. The van der Waals surface area contributed by atoms with Gasteiger partial charge in [0.25, 0.3) is 0 Å². The Morgan fingerprint density at radius 1 is 0.875 bits per heavy atom. The van der Waals surface area contributed by atoms with E-state index in [-0.39, 0.29) is 0 Å². The largest absolute Gasteiger partial charge is 0.462 e. The van der Waals surface area contributed by atoms with Crippen LogP contribution in [-0.4, -0.2) is 12.6 Å². The maximum atomic E-state index is 12.2. The van der Waals surface area contributed by atoms with Gasteiger partial charge >= 0.3 is 5.97 Å². The number of allylic oxidation sites excluding steroid dienone is 1. The number of esters is 1. The number of carbonyl (C=O) groups excluding carboxylic acids is 1. The van der Waals surface area contributed by atoms with Gasteiger partial charge in [0.1, 0.15) is 5.57 Å². The van der Waals surface area contributed by atoms with Crippen molar-refractivity contribution in [1.82, 2.24) is 0 Å². The molecular formula is C22H18O2. The number of carbonyl (C=O) groups is 1. The molecule has 2 nitrogen and oxygen atoms in total. The minimum absolute atomic E-state index is 0.295. The molecule has 0 saturated heterocycles.